The van der Waals surface area contributed by atoms with Gasteiger partial charge in [-0.3, -0.25) is 13.9 Å². The molecule has 1 N–H and O–H groups in total. The molecule has 8 heteroatoms. The maximum Gasteiger partial charge on any atom is 0.328 e. The van der Waals surface area contributed by atoms with Crippen molar-refractivity contribution in [2.75, 3.05) is 23.3 Å². The maximum atomic E-state index is 12.8. The molecule has 4 rings (SSSR count). The van der Waals surface area contributed by atoms with Crippen LogP contribution in [0.3, 0.4) is 0 Å². The molecular weight excluding hydrogens is 344 g/mol. The molecule has 1 amide bonds. The van der Waals surface area contributed by atoms with Gasteiger partial charge in [0.1, 0.15) is 0 Å². The van der Waals surface area contributed by atoms with E-state index >= 15 is 0 Å². The number of benzene rings is 1. The molecule has 1 aliphatic rings. The van der Waals surface area contributed by atoms with Crippen LogP contribution in [-0.4, -0.2) is 38.1 Å². The lowest BCUT2D eigenvalue weighted by Gasteiger charge is -2.31. The summed E-state index contributed by atoms with van der Waals surface area (Å²) < 4.78 is 3.18. The second kappa shape index (κ2) is 6.86. The molecule has 0 spiro atoms. The molecule has 1 unspecified atom stereocenters. The Labute approximate surface area is 156 Å². The van der Waals surface area contributed by atoms with Gasteiger partial charge in [0.2, 0.25) is 11.9 Å². The van der Waals surface area contributed by atoms with Gasteiger partial charge in [-0.25, -0.2) is 14.8 Å². The van der Waals surface area contributed by atoms with Crippen molar-refractivity contribution < 1.29 is 4.79 Å². The Morgan fingerprint density at radius 1 is 1.15 bits per heavy atom. The number of imidazole rings is 1. The Bertz CT molecular complexity index is 1040. The number of rotatable bonds is 3. The first kappa shape index (κ1) is 17.3. The number of carbonyl (C=O) groups excluding carboxylic acids is 1. The Morgan fingerprint density at radius 3 is 2.67 bits per heavy atom. The van der Waals surface area contributed by atoms with Crippen molar-refractivity contribution in [1.82, 2.24) is 19.1 Å². The van der Waals surface area contributed by atoms with Crippen molar-refractivity contribution in [3.63, 3.8) is 0 Å². The first-order chi connectivity index (χ1) is 13.0. The highest BCUT2D eigenvalue weighted by molar-refractivity contribution is 5.95. The average Bonchev–Trinajstić information content (AvgIpc) is 2.92. The molecule has 1 aliphatic heterocycles. The van der Waals surface area contributed by atoms with Gasteiger partial charge < -0.3 is 10.2 Å². The van der Waals surface area contributed by atoms with Crippen LogP contribution in [0.25, 0.3) is 11.0 Å². The summed E-state index contributed by atoms with van der Waals surface area (Å²) >= 11 is 0. The van der Waals surface area contributed by atoms with Gasteiger partial charge in [-0.05, 0) is 37.1 Å². The van der Waals surface area contributed by atoms with Crippen LogP contribution < -0.4 is 15.9 Å². The summed E-state index contributed by atoms with van der Waals surface area (Å²) in [6, 6.07) is 7.32. The SMILES string of the molecule is Cn1c(=O)n(C)c2cc(NC(=O)C3CCCN(c4ncccn4)C3)ccc21. The number of anilines is 2. The van der Waals surface area contributed by atoms with E-state index in [0.717, 1.165) is 30.4 Å². The van der Waals surface area contributed by atoms with Crippen LogP contribution in [0.1, 0.15) is 12.8 Å². The number of aromatic nitrogens is 4. The molecule has 2 aromatic heterocycles. The maximum absolute atomic E-state index is 12.8. The molecule has 3 heterocycles. The second-order valence-electron chi connectivity index (χ2n) is 6.93. The predicted molar refractivity (Wildman–Crippen MR) is 104 cm³/mol. The Morgan fingerprint density at radius 2 is 1.89 bits per heavy atom. The minimum absolute atomic E-state index is 0.0177. The molecular formula is C19H22N6O2. The van der Waals surface area contributed by atoms with E-state index < -0.39 is 0 Å². The van der Waals surface area contributed by atoms with Gasteiger partial charge in [-0.15, -0.1) is 0 Å². The van der Waals surface area contributed by atoms with Crippen LogP contribution in [0.5, 0.6) is 0 Å². The second-order valence-corrected chi connectivity index (χ2v) is 6.93. The van der Waals surface area contributed by atoms with E-state index in [1.807, 2.05) is 18.2 Å². The minimum Gasteiger partial charge on any atom is -0.340 e. The van der Waals surface area contributed by atoms with Crippen molar-refractivity contribution >= 4 is 28.6 Å². The Hall–Kier alpha value is -3.16. The van der Waals surface area contributed by atoms with Crippen molar-refractivity contribution in [1.29, 1.82) is 0 Å². The molecule has 1 aromatic carbocycles. The number of piperidine rings is 1. The summed E-state index contributed by atoms with van der Waals surface area (Å²) in [5, 5.41) is 3.00. The molecule has 1 atom stereocenters. The van der Waals surface area contributed by atoms with Gasteiger partial charge in [0, 0.05) is 45.3 Å². The molecule has 8 nitrogen and oxygen atoms in total. The van der Waals surface area contributed by atoms with Gasteiger partial charge in [-0.1, -0.05) is 0 Å². The quantitative estimate of drug-likeness (QED) is 0.760. The van der Waals surface area contributed by atoms with Crippen LogP contribution >= 0.6 is 0 Å². The molecule has 1 saturated heterocycles. The number of carbonyl (C=O) groups is 1. The summed E-state index contributed by atoms with van der Waals surface area (Å²) in [6.07, 6.45) is 5.18. The zero-order valence-electron chi connectivity index (χ0n) is 15.4. The van der Waals surface area contributed by atoms with E-state index in [1.165, 1.54) is 0 Å². The molecule has 0 saturated carbocycles. The Balaban J connectivity index is 1.51. The summed E-state index contributed by atoms with van der Waals surface area (Å²) in [7, 11) is 3.47. The summed E-state index contributed by atoms with van der Waals surface area (Å²) in [5.41, 5.74) is 2.25. The predicted octanol–water partition coefficient (Wildman–Crippen LogP) is 1.52. The number of amides is 1. The van der Waals surface area contributed by atoms with Crippen LogP contribution in [0.4, 0.5) is 11.6 Å². The Kier molecular flexibility index (Phi) is 4.39. The van der Waals surface area contributed by atoms with Crippen LogP contribution in [0.15, 0.2) is 41.5 Å². The van der Waals surface area contributed by atoms with Crippen molar-refractivity contribution in [2.45, 2.75) is 12.8 Å². The summed E-state index contributed by atoms with van der Waals surface area (Å²) in [4.78, 5) is 35.5. The fourth-order valence-electron chi connectivity index (χ4n) is 3.66. The van der Waals surface area contributed by atoms with Crippen molar-refractivity contribution in [3.05, 3.63) is 47.1 Å². The smallest absolute Gasteiger partial charge is 0.328 e. The number of hydrogen-bond donors (Lipinski definition) is 1. The van der Waals surface area contributed by atoms with E-state index in [-0.39, 0.29) is 17.5 Å². The third-order valence-corrected chi connectivity index (χ3v) is 5.17. The highest BCUT2D eigenvalue weighted by atomic mass is 16.2. The third-order valence-electron chi connectivity index (χ3n) is 5.17. The van der Waals surface area contributed by atoms with Crippen molar-refractivity contribution in [3.8, 4) is 0 Å². The molecule has 0 bridgehead atoms. The zero-order chi connectivity index (χ0) is 19.0. The number of fused-ring (bicyclic) bond motifs is 1. The fraction of sp³-hybridized carbons (Fsp3) is 0.368. The van der Waals surface area contributed by atoms with Crippen LogP contribution in [0.2, 0.25) is 0 Å². The lowest BCUT2D eigenvalue weighted by Crippen LogP contribution is -2.41. The minimum atomic E-state index is -0.127. The monoisotopic (exact) mass is 366 g/mol. The van der Waals surface area contributed by atoms with Crippen molar-refractivity contribution in [2.24, 2.45) is 20.0 Å². The number of nitrogens with one attached hydrogen (secondary N) is 1. The van der Waals surface area contributed by atoms with E-state index in [9.17, 15) is 9.59 Å². The van der Waals surface area contributed by atoms with Gasteiger partial charge in [0.05, 0.1) is 17.0 Å². The summed E-state index contributed by atoms with van der Waals surface area (Å²) in [5.74, 6) is 0.518. The lowest BCUT2D eigenvalue weighted by molar-refractivity contribution is -0.120. The highest BCUT2D eigenvalue weighted by Gasteiger charge is 2.27. The van der Waals surface area contributed by atoms with E-state index in [1.54, 1.807) is 41.7 Å². The third kappa shape index (κ3) is 3.18. The fourth-order valence-corrected chi connectivity index (χ4v) is 3.66. The van der Waals surface area contributed by atoms with Crippen LogP contribution in [-0.2, 0) is 18.9 Å². The molecule has 27 heavy (non-hydrogen) atoms. The van der Waals surface area contributed by atoms with E-state index in [0.29, 0.717) is 18.2 Å². The number of hydrogen-bond acceptors (Lipinski definition) is 5. The number of nitrogens with zero attached hydrogens (tertiary/aromatic N) is 5. The standard InChI is InChI=1S/C19H22N6O2/c1-23-15-7-6-14(11-16(15)24(2)19(23)27)22-17(26)13-5-3-10-25(12-13)18-20-8-4-9-21-18/h4,6-9,11,13H,3,5,10,12H2,1-2H3,(H,22,26). The highest BCUT2D eigenvalue weighted by Crippen LogP contribution is 2.23. The van der Waals surface area contributed by atoms with Gasteiger partial charge >= 0.3 is 5.69 Å². The molecule has 1 fully saturated rings. The number of aryl methyl sites for hydroxylation is 2. The first-order valence-electron chi connectivity index (χ1n) is 9.03. The zero-order valence-corrected chi connectivity index (χ0v) is 15.4. The topological polar surface area (TPSA) is 85.0 Å². The van der Waals surface area contributed by atoms with Gasteiger partial charge in [-0.2, -0.15) is 0 Å². The lowest BCUT2D eigenvalue weighted by atomic mass is 9.97. The largest absolute Gasteiger partial charge is 0.340 e. The first-order valence-corrected chi connectivity index (χ1v) is 9.03. The van der Waals surface area contributed by atoms with E-state index in [4.69, 9.17) is 0 Å². The molecule has 3 aromatic rings. The molecule has 0 aliphatic carbocycles. The summed E-state index contributed by atoms with van der Waals surface area (Å²) in [6.45, 7) is 1.45. The molecule has 0 radical (unpaired) electrons. The normalized spacial score (nSPS) is 17.3. The average molecular weight is 366 g/mol. The van der Waals surface area contributed by atoms with Crippen LogP contribution in [0, 0.1) is 5.92 Å². The van der Waals surface area contributed by atoms with Gasteiger partial charge in [0.25, 0.3) is 0 Å². The van der Waals surface area contributed by atoms with E-state index in [2.05, 4.69) is 20.2 Å². The molecule has 140 valence electrons. The van der Waals surface area contributed by atoms with Gasteiger partial charge in [0.15, 0.2) is 0 Å².